The smallest absolute Gasteiger partial charge is 0.225 e. The van der Waals surface area contributed by atoms with E-state index in [0.29, 0.717) is 12.0 Å². The van der Waals surface area contributed by atoms with Crippen molar-refractivity contribution in [3.05, 3.63) is 17.5 Å². The summed E-state index contributed by atoms with van der Waals surface area (Å²) in [6.45, 7) is 8.65. The van der Waals surface area contributed by atoms with E-state index in [1.54, 1.807) is 0 Å². The SMILES string of the molecule is Cc1cc(C(C)C)nc(N(C)C2CCCNCC2)n1. The number of aromatic nitrogens is 2. The van der Waals surface area contributed by atoms with Gasteiger partial charge in [0.15, 0.2) is 0 Å². The van der Waals surface area contributed by atoms with E-state index in [4.69, 9.17) is 4.98 Å². The van der Waals surface area contributed by atoms with Gasteiger partial charge in [-0.25, -0.2) is 9.97 Å². The summed E-state index contributed by atoms with van der Waals surface area (Å²) in [4.78, 5) is 11.6. The van der Waals surface area contributed by atoms with Crippen LogP contribution in [0.5, 0.6) is 0 Å². The first-order valence-electron chi connectivity index (χ1n) is 7.37. The van der Waals surface area contributed by atoms with Gasteiger partial charge in [-0.1, -0.05) is 13.8 Å². The monoisotopic (exact) mass is 262 g/mol. The van der Waals surface area contributed by atoms with Gasteiger partial charge in [-0.05, 0) is 51.3 Å². The summed E-state index contributed by atoms with van der Waals surface area (Å²) in [6, 6.07) is 2.65. The Kier molecular flexibility index (Phi) is 4.75. The number of hydrogen-bond donors (Lipinski definition) is 1. The Balaban J connectivity index is 2.19. The maximum Gasteiger partial charge on any atom is 0.225 e. The molecular weight excluding hydrogens is 236 g/mol. The van der Waals surface area contributed by atoms with E-state index < -0.39 is 0 Å². The highest BCUT2D eigenvalue weighted by molar-refractivity contribution is 5.33. The molecule has 4 heteroatoms. The van der Waals surface area contributed by atoms with Gasteiger partial charge in [0.05, 0.1) is 0 Å². The molecular formula is C15H26N4. The molecule has 0 aromatic carbocycles. The molecule has 1 saturated heterocycles. The van der Waals surface area contributed by atoms with Crippen molar-refractivity contribution >= 4 is 5.95 Å². The van der Waals surface area contributed by atoms with E-state index in [0.717, 1.165) is 30.4 Å². The second-order valence-electron chi connectivity index (χ2n) is 5.83. The van der Waals surface area contributed by atoms with Gasteiger partial charge in [-0.2, -0.15) is 0 Å². The molecule has 1 aliphatic rings. The van der Waals surface area contributed by atoms with Crippen LogP contribution in [0.25, 0.3) is 0 Å². The fourth-order valence-electron chi connectivity index (χ4n) is 2.58. The molecule has 1 aromatic rings. The third-order valence-electron chi connectivity index (χ3n) is 3.86. The average Bonchev–Trinajstić information content (AvgIpc) is 2.65. The second kappa shape index (κ2) is 6.33. The van der Waals surface area contributed by atoms with Crippen LogP contribution in [-0.4, -0.2) is 36.1 Å². The summed E-state index contributed by atoms with van der Waals surface area (Å²) in [5, 5.41) is 3.46. The topological polar surface area (TPSA) is 41.1 Å². The first-order valence-corrected chi connectivity index (χ1v) is 7.37. The van der Waals surface area contributed by atoms with Gasteiger partial charge >= 0.3 is 0 Å². The zero-order chi connectivity index (χ0) is 13.8. The maximum absolute atomic E-state index is 4.73. The Labute approximate surface area is 116 Å². The summed E-state index contributed by atoms with van der Waals surface area (Å²) < 4.78 is 0. The number of hydrogen-bond acceptors (Lipinski definition) is 4. The molecule has 106 valence electrons. The molecule has 19 heavy (non-hydrogen) atoms. The third-order valence-corrected chi connectivity index (χ3v) is 3.86. The summed E-state index contributed by atoms with van der Waals surface area (Å²) in [5.41, 5.74) is 2.20. The molecule has 1 aromatic heterocycles. The standard InChI is InChI=1S/C15H26N4/c1-11(2)14-10-12(3)17-15(18-14)19(4)13-6-5-8-16-9-7-13/h10-11,13,16H,5-9H2,1-4H3. The van der Waals surface area contributed by atoms with Crippen molar-refractivity contribution in [2.24, 2.45) is 0 Å². The highest BCUT2D eigenvalue weighted by atomic mass is 15.3. The zero-order valence-corrected chi connectivity index (χ0v) is 12.6. The van der Waals surface area contributed by atoms with Crippen LogP contribution < -0.4 is 10.2 Å². The first-order chi connectivity index (χ1) is 9.08. The number of anilines is 1. The third kappa shape index (κ3) is 3.66. The van der Waals surface area contributed by atoms with Crippen LogP contribution in [0.4, 0.5) is 5.95 Å². The van der Waals surface area contributed by atoms with E-state index in [-0.39, 0.29) is 0 Å². The molecule has 0 saturated carbocycles. The molecule has 0 bridgehead atoms. The van der Waals surface area contributed by atoms with Gasteiger partial charge in [-0.3, -0.25) is 0 Å². The van der Waals surface area contributed by atoms with Crippen molar-refractivity contribution in [3.63, 3.8) is 0 Å². The number of aryl methyl sites for hydroxylation is 1. The lowest BCUT2D eigenvalue weighted by Gasteiger charge is -2.27. The van der Waals surface area contributed by atoms with Crippen LogP contribution in [0.1, 0.15) is 50.4 Å². The second-order valence-corrected chi connectivity index (χ2v) is 5.83. The lowest BCUT2D eigenvalue weighted by molar-refractivity contribution is 0.555. The minimum absolute atomic E-state index is 0.449. The quantitative estimate of drug-likeness (QED) is 0.908. The highest BCUT2D eigenvalue weighted by Gasteiger charge is 2.19. The van der Waals surface area contributed by atoms with Crippen molar-refractivity contribution in [3.8, 4) is 0 Å². The van der Waals surface area contributed by atoms with Crippen LogP contribution in [0.3, 0.4) is 0 Å². The predicted molar refractivity (Wildman–Crippen MR) is 79.8 cm³/mol. The average molecular weight is 262 g/mol. The molecule has 1 unspecified atom stereocenters. The van der Waals surface area contributed by atoms with Crippen LogP contribution in [0.15, 0.2) is 6.07 Å². The number of rotatable bonds is 3. The van der Waals surface area contributed by atoms with Crippen LogP contribution >= 0.6 is 0 Å². The Morgan fingerprint density at radius 1 is 1.26 bits per heavy atom. The van der Waals surface area contributed by atoms with Crippen molar-refractivity contribution in [2.45, 2.75) is 52.0 Å². The molecule has 0 radical (unpaired) electrons. The summed E-state index contributed by atoms with van der Waals surface area (Å²) >= 11 is 0. The molecule has 0 amide bonds. The molecule has 2 rings (SSSR count). The van der Waals surface area contributed by atoms with Crippen LogP contribution in [0.2, 0.25) is 0 Å². The van der Waals surface area contributed by atoms with E-state index in [1.165, 1.54) is 19.3 Å². The van der Waals surface area contributed by atoms with Gasteiger partial charge in [0.1, 0.15) is 0 Å². The minimum Gasteiger partial charge on any atom is -0.341 e. The molecule has 0 aliphatic carbocycles. The molecule has 1 aliphatic heterocycles. The lowest BCUT2D eigenvalue weighted by atomic mass is 10.1. The normalized spacial score (nSPS) is 20.4. The van der Waals surface area contributed by atoms with Crippen LogP contribution in [-0.2, 0) is 0 Å². The fourth-order valence-corrected chi connectivity index (χ4v) is 2.58. The van der Waals surface area contributed by atoms with Gasteiger partial charge < -0.3 is 10.2 Å². The van der Waals surface area contributed by atoms with Gasteiger partial charge in [0.25, 0.3) is 0 Å². The van der Waals surface area contributed by atoms with Crippen molar-refractivity contribution in [1.29, 1.82) is 0 Å². The predicted octanol–water partition coefficient (Wildman–Crippen LogP) is 2.49. The van der Waals surface area contributed by atoms with E-state index >= 15 is 0 Å². The largest absolute Gasteiger partial charge is 0.341 e. The lowest BCUT2D eigenvalue weighted by Crippen LogP contribution is -2.34. The maximum atomic E-state index is 4.73. The Hall–Kier alpha value is -1.16. The molecule has 1 atom stereocenters. The Morgan fingerprint density at radius 3 is 2.79 bits per heavy atom. The van der Waals surface area contributed by atoms with Crippen molar-refractivity contribution in [2.75, 3.05) is 25.0 Å². The van der Waals surface area contributed by atoms with E-state index in [1.807, 2.05) is 0 Å². The van der Waals surface area contributed by atoms with Gasteiger partial charge in [0.2, 0.25) is 5.95 Å². The Bertz CT molecular complexity index is 409. The summed E-state index contributed by atoms with van der Waals surface area (Å²) in [5.74, 6) is 1.33. The molecule has 4 nitrogen and oxygen atoms in total. The van der Waals surface area contributed by atoms with Crippen LogP contribution in [0, 0.1) is 6.92 Å². The molecule has 1 fully saturated rings. The first kappa shape index (κ1) is 14.3. The van der Waals surface area contributed by atoms with E-state index in [9.17, 15) is 0 Å². The molecule has 2 heterocycles. The zero-order valence-electron chi connectivity index (χ0n) is 12.6. The Morgan fingerprint density at radius 2 is 2.05 bits per heavy atom. The summed E-state index contributed by atoms with van der Waals surface area (Å²) in [6.07, 6.45) is 3.63. The number of nitrogens with zero attached hydrogens (tertiary/aromatic N) is 3. The summed E-state index contributed by atoms with van der Waals surface area (Å²) in [7, 11) is 2.13. The molecule has 1 N–H and O–H groups in total. The van der Waals surface area contributed by atoms with E-state index in [2.05, 4.69) is 49.1 Å². The minimum atomic E-state index is 0.449. The van der Waals surface area contributed by atoms with Gasteiger partial charge in [-0.15, -0.1) is 0 Å². The van der Waals surface area contributed by atoms with Gasteiger partial charge in [0, 0.05) is 24.5 Å². The highest BCUT2D eigenvalue weighted by Crippen LogP contribution is 2.20. The molecule has 0 spiro atoms. The van der Waals surface area contributed by atoms with Crippen molar-refractivity contribution in [1.82, 2.24) is 15.3 Å². The number of nitrogens with one attached hydrogen (secondary N) is 1. The fraction of sp³-hybridized carbons (Fsp3) is 0.733. The van der Waals surface area contributed by atoms with Crippen molar-refractivity contribution < 1.29 is 0 Å².